The smallest absolute Gasteiger partial charge is 0.154 e. The molecule has 3 aromatic heterocycles. The number of thiophene rings is 1. The van der Waals surface area contributed by atoms with Crippen molar-refractivity contribution in [3.05, 3.63) is 51.5 Å². The highest BCUT2D eigenvalue weighted by atomic mass is 32.1. The van der Waals surface area contributed by atoms with Crippen molar-refractivity contribution in [1.29, 1.82) is 0 Å². The molecule has 0 bridgehead atoms. The minimum Gasteiger partial charge on any atom is -0.463 e. The number of rotatable bonds is 4. The molecule has 6 heteroatoms. The molecule has 2 aliphatic rings. The largest absolute Gasteiger partial charge is 0.463 e. The van der Waals surface area contributed by atoms with Gasteiger partial charge in [0, 0.05) is 53.7 Å². The third kappa shape index (κ3) is 3.13. The Labute approximate surface area is 157 Å². The molecule has 5 nitrogen and oxygen atoms in total. The van der Waals surface area contributed by atoms with Crippen LogP contribution in [0.3, 0.4) is 0 Å². The predicted molar refractivity (Wildman–Crippen MR) is 101 cm³/mol. The van der Waals surface area contributed by atoms with Gasteiger partial charge >= 0.3 is 0 Å². The number of aromatic nitrogens is 2. The van der Waals surface area contributed by atoms with E-state index < -0.39 is 0 Å². The van der Waals surface area contributed by atoms with E-state index in [1.807, 2.05) is 23.5 Å². The Hall–Kier alpha value is -1.89. The van der Waals surface area contributed by atoms with Gasteiger partial charge in [0.15, 0.2) is 5.76 Å². The quantitative estimate of drug-likeness (QED) is 0.734. The topological polar surface area (TPSA) is 54.3 Å². The Balaban J connectivity index is 1.29. The van der Waals surface area contributed by atoms with Crippen LogP contribution in [0.5, 0.6) is 0 Å². The van der Waals surface area contributed by atoms with E-state index in [4.69, 9.17) is 9.15 Å². The summed E-state index contributed by atoms with van der Waals surface area (Å²) in [6.07, 6.45) is 6.67. The minimum absolute atomic E-state index is 0.315. The molecule has 0 aliphatic carbocycles. The van der Waals surface area contributed by atoms with Crippen LogP contribution < -0.4 is 0 Å². The molecule has 1 saturated heterocycles. The first-order valence-electron chi connectivity index (χ1n) is 9.39. The number of furan rings is 1. The summed E-state index contributed by atoms with van der Waals surface area (Å²) < 4.78 is 11.5. The van der Waals surface area contributed by atoms with Gasteiger partial charge in [0.25, 0.3) is 0 Å². The Bertz CT molecular complexity index is 862. The maximum Gasteiger partial charge on any atom is 0.154 e. The SMILES string of the molecule is c1coc(-c2n[nH]c3c2CN(Cc2ccc([C@H]4CCCCO4)s2)CC3)c1. The highest BCUT2D eigenvalue weighted by Gasteiger charge is 2.25. The summed E-state index contributed by atoms with van der Waals surface area (Å²) in [5.41, 5.74) is 3.48. The number of nitrogens with zero attached hydrogens (tertiary/aromatic N) is 2. The summed E-state index contributed by atoms with van der Waals surface area (Å²) in [5, 5.41) is 7.68. The average Bonchev–Trinajstić information content (AvgIpc) is 3.42. The molecule has 1 atom stereocenters. The number of ether oxygens (including phenoxy) is 1. The Morgan fingerprint density at radius 2 is 2.27 bits per heavy atom. The standard InChI is InChI=1S/C20H23N3O2S/c1-2-10-24-17(4-1)19-7-6-14(26-19)12-23-9-8-16-15(13-23)20(22-21-16)18-5-3-11-25-18/h3,5-7,11,17H,1-2,4,8-10,12-13H2,(H,21,22)/t17-/m1/s1. The average molecular weight is 369 g/mol. The first-order chi connectivity index (χ1) is 12.9. The number of aromatic amines is 1. The van der Waals surface area contributed by atoms with Crippen LogP contribution in [0.25, 0.3) is 11.5 Å². The molecule has 1 N–H and O–H groups in total. The molecule has 0 aromatic carbocycles. The first kappa shape index (κ1) is 16.3. The van der Waals surface area contributed by atoms with E-state index in [1.165, 1.54) is 33.9 Å². The third-order valence-corrected chi connectivity index (χ3v) is 6.49. The van der Waals surface area contributed by atoms with Gasteiger partial charge in [-0.1, -0.05) is 0 Å². The van der Waals surface area contributed by atoms with Gasteiger partial charge in [0.2, 0.25) is 0 Å². The van der Waals surface area contributed by atoms with Crippen LogP contribution in [0.15, 0.2) is 34.9 Å². The maximum absolute atomic E-state index is 5.93. The zero-order valence-corrected chi connectivity index (χ0v) is 15.6. The highest BCUT2D eigenvalue weighted by Crippen LogP contribution is 2.34. The number of nitrogens with one attached hydrogen (secondary N) is 1. The van der Waals surface area contributed by atoms with Gasteiger partial charge in [0.1, 0.15) is 5.69 Å². The fraction of sp³-hybridized carbons (Fsp3) is 0.450. The van der Waals surface area contributed by atoms with Crippen molar-refractivity contribution in [2.75, 3.05) is 13.2 Å². The van der Waals surface area contributed by atoms with Crippen molar-refractivity contribution in [1.82, 2.24) is 15.1 Å². The second-order valence-electron chi connectivity index (χ2n) is 7.13. The van der Waals surface area contributed by atoms with Gasteiger partial charge in [-0.15, -0.1) is 11.3 Å². The molecule has 0 amide bonds. The van der Waals surface area contributed by atoms with E-state index >= 15 is 0 Å². The molecule has 0 spiro atoms. The number of fused-ring (bicyclic) bond motifs is 1. The summed E-state index contributed by atoms with van der Waals surface area (Å²) >= 11 is 1.91. The van der Waals surface area contributed by atoms with Gasteiger partial charge in [-0.3, -0.25) is 10.00 Å². The number of hydrogen-bond donors (Lipinski definition) is 1. The van der Waals surface area contributed by atoms with Crippen molar-refractivity contribution in [3.8, 4) is 11.5 Å². The van der Waals surface area contributed by atoms with Crippen molar-refractivity contribution < 1.29 is 9.15 Å². The van der Waals surface area contributed by atoms with Crippen LogP contribution in [-0.4, -0.2) is 28.2 Å². The van der Waals surface area contributed by atoms with E-state index in [9.17, 15) is 0 Å². The molecule has 3 aromatic rings. The summed E-state index contributed by atoms with van der Waals surface area (Å²) in [7, 11) is 0. The summed E-state index contributed by atoms with van der Waals surface area (Å²) in [4.78, 5) is 5.31. The van der Waals surface area contributed by atoms with Crippen molar-refractivity contribution >= 4 is 11.3 Å². The maximum atomic E-state index is 5.93. The van der Waals surface area contributed by atoms with Crippen LogP contribution in [0.2, 0.25) is 0 Å². The van der Waals surface area contributed by atoms with Crippen LogP contribution in [-0.2, 0) is 24.2 Å². The van der Waals surface area contributed by atoms with Gasteiger partial charge in [-0.2, -0.15) is 5.10 Å². The lowest BCUT2D eigenvalue weighted by atomic mass is 10.0. The third-order valence-electron chi connectivity index (χ3n) is 5.33. The molecule has 0 unspecified atom stereocenters. The fourth-order valence-corrected chi connectivity index (χ4v) is 5.08. The van der Waals surface area contributed by atoms with Gasteiger partial charge in [-0.25, -0.2) is 0 Å². The summed E-state index contributed by atoms with van der Waals surface area (Å²) in [5.74, 6) is 0.845. The lowest BCUT2D eigenvalue weighted by Gasteiger charge is -2.26. The zero-order valence-electron chi connectivity index (χ0n) is 14.7. The van der Waals surface area contributed by atoms with Gasteiger partial charge < -0.3 is 9.15 Å². The second-order valence-corrected chi connectivity index (χ2v) is 8.33. The Kier molecular flexibility index (Phi) is 4.40. The molecule has 136 valence electrons. The van der Waals surface area contributed by atoms with Crippen LogP contribution >= 0.6 is 11.3 Å². The van der Waals surface area contributed by atoms with Crippen LogP contribution in [0.4, 0.5) is 0 Å². The van der Waals surface area contributed by atoms with E-state index in [0.717, 1.165) is 50.5 Å². The Morgan fingerprint density at radius 3 is 3.12 bits per heavy atom. The van der Waals surface area contributed by atoms with Gasteiger partial charge in [-0.05, 0) is 43.5 Å². The minimum atomic E-state index is 0.315. The fourth-order valence-electron chi connectivity index (χ4n) is 3.94. The first-order valence-corrected chi connectivity index (χ1v) is 10.2. The van der Waals surface area contributed by atoms with Crippen molar-refractivity contribution in [3.63, 3.8) is 0 Å². The molecule has 26 heavy (non-hydrogen) atoms. The Morgan fingerprint density at radius 1 is 1.27 bits per heavy atom. The van der Waals surface area contributed by atoms with E-state index in [0.29, 0.717) is 6.10 Å². The molecule has 0 saturated carbocycles. The van der Waals surface area contributed by atoms with E-state index in [2.05, 4.69) is 27.2 Å². The van der Waals surface area contributed by atoms with E-state index in [1.54, 1.807) is 6.26 Å². The monoisotopic (exact) mass is 369 g/mol. The van der Waals surface area contributed by atoms with Crippen LogP contribution in [0, 0.1) is 0 Å². The lowest BCUT2D eigenvalue weighted by Crippen LogP contribution is -2.29. The molecule has 5 rings (SSSR count). The normalized spacial score (nSPS) is 21.0. The molecular weight excluding hydrogens is 346 g/mol. The van der Waals surface area contributed by atoms with Crippen molar-refractivity contribution in [2.24, 2.45) is 0 Å². The molecule has 1 fully saturated rings. The number of hydrogen-bond acceptors (Lipinski definition) is 5. The molecule has 0 radical (unpaired) electrons. The van der Waals surface area contributed by atoms with Gasteiger partial charge in [0.05, 0.1) is 12.4 Å². The highest BCUT2D eigenvalue weighted by molar-refractivity contribution is 7.12. The molecule has 5 heterocycles. The van der Waals surface area contributed by atoms with Crippen LogP contribution in [0.1, 0.15) is 46.4 Å². The van der Waals surface area contributed by atoms with E-state index in [-0.39, 0.29) is 0 Å². The zero-order chi connectivity index (χ0) is 17.3. The number of H-pyrrole nitrogens is 1. The summed E-state index contributed by atoms with van der Waals surface area (Å²) in [6, 6.07) is 8.43. The molecular formula is C20H23N3O2S. The second kappa shape index (κ2) is 7.02. The predicted octanol–water partition coefficient (Wildman–Crippen LogP) is 4.53. The molecule has 2 aliphatic heterocycles. The van der Waals surface area contributed by atoms with Crippen molar-refractivity contribution in [2.45, 2.75) is 44.9 Å². The lowest BCUT2D eigenvalue weighted by molar-refractivity contribution is 0.0172. The summed E-state index contributed by atoms with van der Waals surface area (Å²) in [6.45, 7) is 3.86.